The fourth-order valence-corrected chi connectivity index (χ4v) is 5.56. The number of H-pyrrole nitrogens is 1. The molecule has 1 aromatic rings. The van der Waals surface area contributed by atoms with E-state index in [1.54, 1.807) is 5.92 Å². The van der Waals surface area contributed by atoms with Crippen molar-refractivity contribution in [2.45, 2.75) is 24.1 Å². The number of phosphoric ester groups is 1. The van der Waals surface area contributed by atoms with Gasteiger partial charge in [-0.15, -0.1) is 6.42 Å². The van der Waals surface area contributed by atoms with Crippen molar-refractivity contribution in [1.29, 1.82) is 0 Å². The Balaban J connectivity index is 2.22. The zero-order chi connectivity index (χ0) is 23.8. The van der Waals surface area contributed by atoms with Gasteiger partial charge in [-0.3, -0.25) is 14.1 Å². The van der Waals surface area contributed by atoms with Gasteiger partial charge in [0.05, 0.1) is 0 Å². The summed E-state index contributed by atoms with van der Waals surface area (Å²) in [5.74, 6) is 1.80. The number of aromatic nitrogens is 2. The molecule has 1 saturated heterocycles. The Bertz CT molecular complexity index is 1140. The van der Waals surface area contributed by atoms with E-state index in [0.717, 1.165) is 6.20 Å². The Morgan fingerprint density at radius 1 is 1.29 bits per heavy atom. The number of nitrogens with one attached hydrogen (secondary N) is 1. The van der Waals surface area contributed by atoms with E-state index in [1.807, 2.05) is 0 Å². The van der Waals surface area contributed by atoms with Crippen molar-refractivity contribution in [3.8, 4) is 12.3 Å². The largest absolute Gasteiger partial charge is 0.490 e. The first-order valence-corrected chi connectivity index (χ1v) is 12.5. The maximum absolute atomic E-state index is 14.6. The van der Waals surface area contributed by atoms with E-state index in [0.29, 0.717) is 4.57 Å². The number of alkyl halides is 1. The van der Waals surface area contributed by atoms with E-state index in [9.17, 15) is 32.9 Å². The standard InChI is InChI=1S/C11H14FN2O13P3S/c1-2-11(5-24-29(20,21)27-30(22,23)26-28(17,18)19)8(15)7(12)9(25-11)14-4-3-6(31)13-10(14)16/h1,3-4,7-9,15H,5H2,(H,20,21)(H,22,23)(H,13,16,31)(H2,17,18,19)/t7-,8?,9+,11+/m0/s1. The molecule has 0 aliphatic carbocycles. The summed E-state index contributed by atoms with van der Waals surface area (Å²) in [5, 5.41) is 10.2. The number of halogens is 1. The van der Waals surface area contributed by atoms with Gasteiger partial charge in [0, 0.05) is 6.20 Å². The second kappa shape index (κ2) is 9.05. The number of hydrogen-bond donors (Lipinski definition) is 6. The Labute approximate surface area is 176 Å². The number of aromatic amines is 1. The highest BCUT2D eigenvalue weighted by Crippen LogP contribution is 2.66. The molecule has 2 heterocycles. The molecule has 15 nitrogen and oxygen atoms in total. The first kappa shape index (κ1) is 26.2. The van der Waals surface area contributed by atoms with Gasteiger partial charge in [0.15, 0.2) is 18.0 Å². The van der Waals surface area contributed by atoms with Crippen molar-refractivity contribution >= 4 is 35.7 Å². The van der Waals surface area contributed by atoms with E-state index in [-0.39, 0.29) is 4.64 Å². The van der Waals surface area contributed by atoms with Crippen LogP contribution in [0, 0.1) is 17.0 Å². The fraction of sp³-hybridized carbons (Fsp3) is 0.455. The molecule has 1 aliphatic heterocycles. The first-order chi connectivity index (χ1) is 14.0. The number of ether oxygens (including phenoxy) is 1. The van der Waals surface area contributed by atoms with Gasteiger partial charge in [-0.05, 0) is 6.07 Å². The summed E-state index contributed by atoms with van der Waals surface area (Å²) < 4.78 is 65.6. The van der Waals surface area contributed by atoms with Crippen LogP contribution in [0.15, 0.2) is 17.1 Å². The van der Waals surface area contributed by atoms with Gasteiger partial charge in [0.1, 0.15) is 17.4 Å². The molecule has 31 heavy (non-hydrogen) atoms. The molecule has 2 rings (SSSR count). The number of hydrogen-bond acceptors (Lipinski definition) is 10. The van der Waals surface area contributed by atoms with E-state index in [1.165, 1.54) is 6.07 Å². The molecule has 1 aromatic heterocycles. The quantitative estimate of drug-likeness (QED) is 0.147. The topological polar surface area (TPSA) is 227 Å². The highest BCUT2D eigenvalue weighted by atomic mass is 32.1. The van der Waals surface area contributed by atoms with E-state index in [4.69, 9.17) is 38.1 Å². The maximum atomic E-state index is 14.6. The summed E-state index contributed by atoms with van der Waals surface area (Å²) in [6.07, 6.45) is -0.174. The average molecular weight is 526 g/mol. The predicted octanol–water partition coefficient (Wildman–Crippen LogP) is -0.151. The summed E-state index contributed by atoms with van der Waals surface area (Å²) in [4.78, 5) is 49.7. The highest BCUT2D eigenvalue weighted by Gasteiger charge is 2.57. The molecule has 0 spiro atoms. The molecule has 20 heteroatoms. The molecular formula is C11H14FN2O13P3S. The van der Waals surface area contributed by atoms with Gasteiger partial charge >= 0.3 is 29.2 Å². The predicted molar refractivity (Wildman–Crippen MR) is 98.3 cm³/mol. The molecular weight excluding hydrogens is 512 g/mol. The van der Waals surface area contributed by atoms with Gasteiger partial charge in [0.2, 0.25) is 0 Å². The third-order valence-corrected chi connectivity index (χ3v) is 7.63. The first-order valence-electron chi connectivity index (χ1n) is 7.58. The zero-order valence-electron chi connectivity index (χ0n) is 14.7. The normalized spacial score (nSPS) is 30.3. The number of nitrogens with zero attached hydrogens (tertiary/aromatic N) is 1. The molecule has 174 valence electrons. The van der Waals surface area contributed by atoms with Crippen LogP contribution in [0.2, 0.25) is 0 Å². The third kappa shape index (κ3) is 6.47. The van der Waals surface area contributed by atoms with E-state index in [2.05, 4.69) is 18.1 Å². The maximum Gasteiger partial charge on any atom is 0.490 e. The summed E-state index contributed by atoms with van der Waals surface area (Å²) in [6.45, 7) is -1.33. The van der Waals surface area contributed by atoms with Crippen molar-refractivity contribution in [3.63, 3.8) is 0 Å². The van der Waals surface area contributed by atoms with Crippen LogP contribution in [0.1, 0.15) is 6.23 Å². The SMILES string of the molecule is C#C[C@]1(COP(=O)(O)OP(=O)(O)OP(=O)(O)O)O[C@@H](n2ccc(=S)[nH]c2=O)[C@@H](F)C1O. The molecule has 3 unspecified atom stereocenters. The van der Waals surface area contributed by atoms with Crippen molar-refractivity contribution in [2.75, 3.05) is 6.61 Å². The van der Waals surface area contributed by atoms with E-state index >= 15 is 0 Å². The number of aliphatic hydroxyl groups excluding tert-OH is 1. The monoisotopic (exact) mass is 526 g/mol. The lowest BCUT2D eigenvalue weighted by Gasteiger charge is -2.26. The van der Waals surface area contributed by atoms with Crippen LogP contribution in [0.3, 0.4) is 0 Å². The molecule has 0 saturated carbocycles. The summed E-state index contributed by atoms with van der Waals surface area (Å²) in [5.41, 5.74) is -3.44. The minimum absolute atomic E-state index is 0.00563. The Hall–Kier alpha value is -1.08. The van der Waals surface area contributed by atoms with Crippen LogP contribution in [-0.4, -0.2) is 58.7 Å². The second-order valence-electron chi connectivity index (χ2n) is 5.81. The van der Waals surface area contributed by atoms with Crippen LogP contribution in [-0.2, 0) is 31.6 Å². The Morgan fingerprint density at radius 3 is 2.42 bits per heavy atom. The number of aliphatic hydroxyl groups is 1. The van der Waals surface area contributed by atoms with Gasteiger partial charge in [-0.1, -0.05) is 18.1 Å². The summed E-state index contributed by atoms with van der Waals surface area (Å²) in [6, 6.07) is 1.20. The average Bonchev–Trinajstić information content (AvgIpc) is 2.82. The molecule has 0 radical (unpaired) electrons. The van der Waals surface area contributed by atoms with Crippen molar-refractivity contribution in [2.24, 2.45) is 0 Å². The van der Waals surface area contributed by atoms with Crippen molar-refractivity contribution in [3.05, 3.63) is 27.4 Å². The van der Waals surface area contributed by atoms with Crippen LogP contribution >= 0.6 is 35.7 Å². The molecule has 0 bridgehead atoms. The molecule has 1 fully saturated rings. The molecule has 0 amide bonds. The summed E-state index contributed by atoms with van der Waals surface area (Å²) in [7, 11) is -17.1. The van der Waals surface area contributed by atoms with Gasteiger partial charge in [-0.25, -0.2) is 22.9 Å². The Kier molecular flexibility index (Phi) is 7.64. The molecule has 1 aliphatic rings. The lowest BCUT2D eigenvalue weighted by molar-refractivity contribution is -0.0906. The minimum atomic E-state index is -5.82. The molecule has 6 N–H and O–H groups in total. The van der Waals surface area contributed by atoms with Crippen LogP contribution in [0.5, 0.6) is 0 Å². The highest BCUT2D eigenvalue weighted by molar-refractivity contribution is 7.71. The zero-order valence-corrected chi connectivity index (χ0v) is 18.2. The van der Waals surface area contributed by atoms with Crippen LogP contribution in [0.4, 0.5) is 4.39 Å². The lowest BCUT2D eigenvalue weighted by Crippen LogP contribution is -2.44. The summed E-state index contributed by atoms with van der Waals surface area (Å²) >= 11 is 4.73. The molecule has 6 atom stereocenters. The van der Waals surface area contributed by atoms with Crippen molar-refractivity contribution in [1.82, 2.24) is 9.55 Å². The van der Waals surface area contributed by atoms with Gasteiger partial charge in [-0.2, -0.15) is 8.62 Å². The Morgan fingerprint density at radius 2 is 1.90 bits per heavy atom. The van der Waals surface area contributed by atoms with Crippen LogP contribution in [0.25, 0.3) is 0 Å². The van der Waals surface area contributed by atoms with E-state index < -0.39 is 59.9 Å². The minimum Gasteiger partial charge on any atom is -0.386 e. The molecule has 0 aromatic carbocycles. The van der Waals surface area contributed by atoms with Gasteiger partial charge in [0.25, 0.3) is 0 Å². The second-order valence-corrected chi connectivity index (χ2v) is 10.7. The van der Waals surface area contributed by atoms with Gasteiger partial charge < -0.3 is 29.4 Å². The lowest BCUT2D eigenvalue weighted by atomic mass is 9.98. The fourth-order valence-electron chi connectivity index (χ4n) is 2.36. The number of terminal acetylenes is 1. The number of phosphoric acid groups is 3. The van der Waals surface area contributed by atoms with Crippen LogP contribution < -0.4 is 5.69 Å². The third-order valence-electron chi connectivity index (χ3n) is 3.61. The van der Waals surface area contributed by atoms with Crippen molar-refractivity contribution < 1.29 is 60.6 Å². The smallest absolute Gasteiger partial charge is 0.386 e. The number of rotatable bonds is 8.